The van der Waals surface area contributed by atoms with Gasteiger partial charge in [-0.1, -0.05) is 0 Å². The third kappa shape index (κ3) is 1.15. The zero-order chi connectivity index (χ0) is 8.65. The van der Waals surface area contributed by atoms with E-state index in [1.807, 2.05) is 0 Å². The molecule has 0 bridgehead atoms. The SMILES string of the molecule is CC1(F)C(=O)NC(=O)NC1F. The van der Waals surface area contributed by atoms with E-state index in [4.69, 9.17) is 0 Å². The summed E-state index contributed by atoms with van der Waals surface area (Å²) in [7, 11) is 0. The molecule has 2 atom stereocenters. The molecule has 11 heavy (non-hydrogen) atoms. The van der Waals surface area contributed by atoms with Crippen LogP contribution in [0.4, 0.5) is 13.6 Å². The van der Waals surface area contributed by atoms with Gasteiger partial charge in [-0.25, -0.2) is 13.6 Å². The Morgan fingerprint density at radius 2 is 2.09 bits per heavy atom. The maximum absolute atomic E-state index is 12.8. The standard InChI is InChI=1S/C5H6F2N2O2/c1-5(7)2(6)8-4(11)9-3(5)10/h2H,1H3,(H2,8,9,10,11). The summed E-state index contributed by atoms with van der Waals surface area (Å²) in [6, 6.07) is -1.02. The van der Waals surface area contributed by atoms with Crippen molar-refractivity contribution in [3.05, 3.63) is 0 Å². The van der Waals surface area contributed by atoms with Crippen LogP contribution in [0.1, 0.15) is 6.92 Å². The van der Waals surface area contributed by atoms with E-state index >= 15 is 0 Å². The topological polar surface area (TPSA) is 58.2 Å². The maximum Gasteiger partial charge on any atom is 0.323 e. The lowest BCUT2D eigenvalue weighted by molar-refractivity contribution is -0.137. The fourth-order valence-corrected chi connectivity index (χ4v) is 0.627. The van der Waals surface area contributed by atoms with Crippen molar-refractivity contribution in [2.24, 2.45) is 0 Å². The molecule has 0 aromatic heterocycles. The van der Waals surface area contributed by atoms with Crippen LogP contribution in [0.5, 0.6) is 0 Å². The molecule has 0 aromatic carbocycles. The number of hydrogen-bond donors (Lipinski definition) is 2. The van der Waals surface area contributed by atoms with Crippen molar-refractivity contribution in [3.8, 4) is 0 Å². The molecule has 6 heteroatoms. The van der Waals surface area contributed by atoms with Crippen LogP contribution in [0, 0.1) is 0 Å². The number of imide groups is 1. The number of alkyl halides is 2. The first-order valence-electron chi connectivity index (χ1n) is 2.89. The van der Waals surface area contributed by atoms with Gasteiger partial charge in [0.1, 0.15) is 0 Å². The first-order chi connectivity index (χ1) is 4.94. The molecule has 0 spiro atoms. The summed E-state index contributed by atoms with van der Waals surface area (Å²) in [6.07, 6.45) is -2.27. The number of carbonyl (C=O) groups is 2. The third-order valence-electron chi connectivity index (χ3n) is 1.40. The van der Waals surface area contributed by atoms with Crippen LogP contribution in [0.2, 0.25) is 0 Å². The molecule has 1 rings (SSSR count). The largest absolute Gasteiger partial charge is 0.323 e. The zero-order valence-electron chi connectivity index (χ0n) is 5.65. The lowest BCUT2D eigenvalue weighted by Gasteiger charge is -2.28. The van der Waals surface area contributed by atoms with Crippen LogP contribution in [-0.4, -0.2) is 23.9 Å². The van der Waals surface area contributed by atoms with Gasteiger partial charge >= 0.3 is 6.03 Å². The fraction of sp³-hybridized carbons (Fsp3) is 0.600. The minimum absolute atomic E-state index is 0.756. The molecule has 0 aliphatic carbocycles. The number of nitrogens with one attached hydrogen (secondary N) is 2. The monoisotopic (exact) mass is 164 g/mol. The van der Waals surface area contributed by atoms with Gasteiger partial charge in [-0.2, -0.15) is 0 Å². The van der Waals surface area contributed by atoms with Crippen molar-refractivity contribution in [2.75, 3.05) is 0 Å². The van der Waals surface area contributed by atoms with Crippen LogP contribution >= 0.6 is 0 Å². The third-order valence-corrected chi connectivity index (χ3v) is 1.40. The number of amides is 3. The van der Waals surface area contributed by atoms with Crippen molar-refractivity contribution in [1.29, 1.82) is 0 Å². The molecule has 4 nitrogen and oxygen atoms in total. The Kier molecular flexibility index (Phi) is 1.54. The quantitative estimate of drug-likeness (QED) is 0.489. The van der Waals surface area contributed by atoms with E-state index in [0.717, 1.165) is 6.92 Å². The first kappa shape index (κ1) is 7.90. The minimum Gasteiger partial charge on any atom is -0.305 e. The highest BCUT2D eigenvalue weighted by molar-refractivity contribution is 6.01. The van der Waals surface area contributed by atoms with E-state index in [1.165, 1.54) is 0 Å². The summed E-state index contributed by atoms with van der Waals surface area (Å²) in [6.45, 7) is 0.756. The van der Waals surface area contributed by atoms with E-state index in [1.54, 1.807) is 10.6 Å². The maximum atomic E-state index is 12.8. The van der Waals surface area contributed by atoms with Gasteiger partial charge in [0.15, 0.2) is 0 Å². The van der Waals surface area contributed by atoms with Gasteiger partial charge in [0.2, 0.25) is 12.0 Å². The Morgan fingerprint density at radius 3 is 2.55 bits per heavy atom. The van der Waals surface area contributed by atoms with Crippen LogP contribution in [-0.2, 0) is 4.79 Å². The molecular weight excluding hydrogens is 158 g/mol. The number of carbonyl (C=O) groups excluding carboxylic acids is 2. The minimum atomic E-state index is -2.67. The molecule has 2 unspecified atom stereocenters. The van der Waals surface area contributed by atoms with Gasteiger partial charge in [0.05, 0.1) is 0 Å². The summed E-state index contributed by atoms with van der Waals surface area (Å²) in [5, 5.41) is 3.18. The highest BCUT2D eigenvalue weighted by Crippen LogP contribution is 2.19. The summed E-state index contributed by atoms with van der Waals surface area (Å²) < 4.78 is 25.3. The molecule has 1 aliphatic rings. The number of urea groups is 1. The smallest absolute Gasteiger partial charge is 0.305 e. The van der Waals surface area contributed by atoms with Gasteiger partial charge in [0, 0.05) is 0 Å². The van der Waals surface area contributed by atoms with Crippen LogP contribution in [0.3, 0.4) is 0 Å². The fourth-order valence-electron chi connectivity index (χ4n) is 0.627. The Labute approximate surface area is 60.9 Å². The molecule has 1 fully saturated rings. The predicted octanol–water partition coefficient (Wildman–Crippen LogP) is -0.150. The lowest BCUT2D eigenvalue weighted by atomic mass is 10.1. The van der Waals surface area contributed by atoms with Crippen molar-refractivity contribution in [3.63, 3.8) is 0 Å². The number of halogens is 2. The average molecular weight is 164 g/mol. The summed E-state index contributed by atoms with van der Waals surface area (Å²) in [4.78, 5) is 20.9. The van der Waals surface area contributed by atoms with E-state index in [-0.39, 0.29) is 0 Å². The normalized spacial score (nSPS) is 37.9. The summed E-state index contributed by atoms with van der Waals surface area (Å²) in [5.74, 6) is -1.26. The summed E-state index contributed by atoms with van der Waals surface area (Å²) >= 11 is 0. The van der Waals surface area contributed by atoms with Crippen molar-refractivity contribution >= 4 is 11.9 Å². The van der Waals surface area contributed by atoms with Gasteiger partial charge in [-0.05, 0) is 6.92 Å². The highest BCUT2D eigenvalue weighted by atomic mass is 19.2. The van der Waals surface area contributed by atoms with E-state index in [2.05, 4.69) is 0 Å². The molecule has 3 amide bonds. The highest BCUT2D eigenvalue weighted by Gasteiger charge is 2.47. The second-order valence-corrected chi connectivity index (χ2v) is 2.37. The second kappa shape index (κ2) is 2.14. The Morgan fingerprint density at radius 1 is 1.55 bits per heavy atom. The van der Waals surface area contributed by atoms with Crippen LogP contribution in [0.15, 0.2) is 0 Å². The van der Waals surface area contributed by atoms with Crippen molar-refractivity contribution in [2.45, 2.75) is 18.9 Å². The molecule has 0 saturated carbocycles. The summed E-state index contributed by atoms with van der Waals surface area (Å²) in [5.41, 5.74) is -2.67. The van der Waals surface area contributed by atoms with Crippen LogP contribution in [0.25, 0.3) is 0 Å². The molecule has 1 aliphatic heterocycles. The predicted molar refractivity (Wildman–Crippen MR) is 31.1 cm³/mol. The zero-order valence-corrected chi connectivity index (χ0v) is 5.65. The first-order valence-corrected chi connectivity index (χ1v) is 2.89. The van der Waals surface area contributed by atoms with Crippen molar-refractivity contribution < 1.29 is 18.4 Å². The molecular formula is C5H6F2N2O2. The van der Waals surface area contributed by atoms with Crippen LogP contribution < -0.4 is 10.6 Å². The molecule has 0 aromatic rings. The second-order valence-electron chi connectivity index (χ2n) is 2.37. The van der Waals surface area contributed by atoms with E-state index < -0.39 is 23.9 Å². The van der Waals surface area contributed by atoms with Gasteiger partial charge < -0.3 is 5.32 Å². The lowest BCUT2D eigenvalue weighted by Crippen LogP contribution is -2.64. The van der Waals surface area contributed by atoms with Gasteiger partial charge in [-0.3, -0.25) is 10.1 Å². The van der Waals surface area contributed by atoms with Gasteiger partial charge in [-0.15, -0.1) is 0 Å². The Balaban J connectivity index is 2.84. The number of rotatable bonds is 0. The molecule has 1 saturated heterocycles. The van der Waals surface area contributed by atoms with E-state index in [9.17, 15) is 18.4 Å². The number of hydrogen-bond acceptors (Lipinski definition) is 2. The molecule has 62 valence electrons. The Hall–Kier alpha value is -1.20. The van der Waals surface area contributed by atoms with E-state index in [0.29, 0.717) is 0 Å². The van der Waals surface area contributed by atoms with Gasteiger partial charge in [0.25, 0.3) is 5.91 Å². The Bertz CT molecular complexity index is 217. The molecule has 2 N–H and O–H groups in total. The molecule has 1 heterocycles. The van der Waals surface area contributed by atoms with Crippen molar-refractivity contribution in [1.82, 2.24) is 10.6 Å². The average Bonchev–Trinajstić information content (AvgIpc) is 1.84. The molecule has 0 radical (unpaired) electrons.